The van der Waals surface area contributed by atoms with E-state index in [1.807, 2.05) is 6.92 Å². The lowest BCUT2D eigenvalue weighted by molar-refractivity contribution is -0.548. The van der Waals surface area contributed by atoms with Gasteiger partial charge in [-0.15, -0.1) is 0 Å². The summed E-state index contributed by atoms with van der Waals surface area (Å²) in [4.78, 5) is 9.93. The van der Waals surface area contributed by atoms with Gasteiger partial charge in [0.2, 0.25) is 0 Å². The van der Waals surface area contributed by atoms with Crippen molar-refractivity contribution in [3.63, 3.8) is 0 Å². The van der Waals surface area contributed by atoms with Crippen molar-refractivity contribution in [2.75, 3.05) is 0 Å². The zero-order valence-electron chi connectivity index (χ0n) is 7.54. The highest BCUT2D eigenvalue weighted by atomic mass is 16.6. The Morgan fingerprint density at radius 1 is 1.58 bits per heavy atom. The summed E-state index contributed by atoms with van der Waals surface area (Å²) in [7, 11) is 0. The first-order valence-electron chi connectivity index (χ1n) is 4.12. The largest absolute Gasteiger partial charge is 0.302 e. The van der Waals surface area contributed by atoms with Crippen molar-refractivity contribution >= 4 is 0 Å². The molecule has 0 radical (unpaired) electrons. The van der Waals surface area contributed by atoms with E-state index < -0.39 is 10.5 Å². The van der Waals surface area contributed by atoms with Gasteiger partial charge in [-0.2, -0.15) is 5.26 Å². The van der Waals surface area contributed by atoms with Gasteiger partial charge in [0.05, 0.1) is 0 Å². The van der Waals surface area contributed by atoms with Crippen LogP contribution in [-0.4, -0.2) is 10.5 Å². The molecule has 68 valence electrons. The average molecular weight is 170 g/mol. The summed E-state index contributed by atoms with van der Waals surface area (Å²) < 4.78 is 0. The normalized spacial score (nSPS) is 14.8. The number of hydrogen-bond acceptors (Lipinski definition) is 3. The molecule has 0 saturated carbocycles. The summed E-state index contributed by atoms with van der Waals surface area (Å²) in [5, 5.41) is 19.0. The fourth-order valence-corrected chi connectivity index (χ4v) is 0.907. The van der Waals surface area contributed by atoms with Crippen molar-refractivity contribution in [2.24, 2.45) is 0 Å². The Morgan fingerprint density at radius 2 is 2.17 bits per heavy atom. The van der Waals surface area contributed by atoms with Crippen LogP contribution in [0.4, 0.5) is 0 Å². The fourth-order valence-electron chi connectivity index (χ4n) is 0.907. The van der Waals surface area contributed by atoms with Crippen molar-refractivity contribution in [3.8, 4) is 6.07 Å². The molecular weight excluding hydrogens is 156 g/mol. The van der Waals surface area contributed by atoms with Gasteiger partial charge in [-0.3, -0.25) is 10.1 Å². The molecule has 0 aliphatic rings. The summed E-state index contributed by atoms with van der Waals surface area (Å²) in [6.45, 7) is 3.40. The first-order chi connectivity index (χ1) is 5.56. The number of nitriles is 1. The van der Waals surface area contributed by atoms with Crippen molar-refractivity contribution < 1.29 is 4.92 Å². The Labute approximate surface area is 72.3 Å². The first-order valence-corrected chi connectivity index (χ1v) is 4.12. The van der Waals surface area contributed by atoms with Crippen LogP contribution in [0.25, 0.3) is 0 Å². The second-order valence-electron chi connectivity index (χ2n) is 3.10. The van der Waals surface area contributed by atoms with E-state index >= 15 is 0 Å². The molecular formula is C8H14N2O2. The molecule has 0 amide bonds. The van der Waals surface area contributed by atoms with E-state index in [-0.39, 0.29) is 0 Å². The van der Waals surface area contributed by atoms with Gasteiger partial charge in [0.15, 0.2) is 0 Å². The molecule has 1 unspecified atom stereocenters. The minimum Gasteiger partial charge on any atom is -0.263 e. The minimum atomic E-state index is -1.38. The smallest absolute Gasteiger partial charge is 0.263 e. The Bertz CT molecular complexity index is 198. The molecule has 0 aliphatic heterocycles. The summed E-state index contributed by atoms with van der Waals surface area (Å²) in [5.74, 6) is 0. The van der Waals surface area contributed by atoms with Crippen molar-refractivity contribution in [2.45, 2.75) is 45.1 Å². The molecule has 0 aromatic rings. The standard InChI is InChI=1S/C8H14N2O2/c1-3-4-5-6-8(2,7-9)10(11)12/h3-6H2,1-2H3. The van der Waals surface area contributed by atoms with Gasteiger partial charge in [-0.05, 0) is 6.42 Å². The quantitative estimate of drug-likeness (QED) is 0.360. The summed E-state index contributed by atoms with van der Waals surface area (Å²) in [6.07, 6.45) is 3.07. The van der Waals surface area contributed by atoms with Crippen LogP contribution in [0.2, 0.25) is 0 Å². The third-order valence-corrected chi connectivity index (χ3v) is 1.91. The van der Waals surface area contributed by atoms with Crippen molar-refractivity contribution in [1.29, 1.82) is 5.26 Å². The Balaban J connectivity index is 4.00. The summed E-state index contributed by atoms with van der Waals surface area (Å²) in [5.41, 5.74) is -1.38. The fraction of sp³-hybridized carbons (Fsp3) is 0.875. The highest BCUT2D eigenvalue weighted by molar-refractivity contribution is 4.96. The molecule has 4 nitrogen and oxygen atoms in total. The van der Waals surface area contributed by atoms with Gasteiger partial charge in [-0.25, -0.2) is 0 Å². The lowest BCUT2D eigenvalue weighted by Crippen LogP contribution is -2.32. The molecule has 0 aromatic heterocycles. The molecule has 4 heteroatoms. The maximum atomic E-state index is 10.4. The second-order valence-corrected chi connectivity index (χ2v) is 3.10. The molecule has 12 heavy (non-hydrogen) atoms. The molecule has 1 atom stereocenters. The van der Waals surface area contributed by atoms with Crippen LogP contribution in [0.15, 0.2) is 0 Å². The molecule has 0 heterocycles. The van der Waals surface area contributed by atoms with E-state index in [1.165, 1.54) is 6.92 Å². The zero-order valence-corrected chi connectivity index (χ0v) is 7.54. The number of unbranched alkanes of at least 4 members (excludes halogenated alkanes) is 2. The lowest BCUT2D eigenvalue weighted by atomic mass is 9.97. The van der Waals surface area contributed by atoms with Crippen LogP contribution in [-0.2, 0) is 0 Å². The number of hydrogen-bond donors (Lipinski definition) is 0. The van der Waals surface area contributed by atoms with E-state index in [0.717, 1.165) is 19.3 Å². The van der Waals surface area contributed by atoms with E-state index in [4.69, 9.17) is 5.26 Å². The van der Waals surface area contributed by atoms with Crippen LogP contribution in [0, 0.1) is 21.4 Å². The maximum Gasteiger partial charge on any atom is 0.302 e. The number of nitrogens with zero attached hydrogens (tertiary/aromatic N) is 2. The summed E-state index contributed by atoms with van der Waals surface area (Å²) in [6, 6.07) is 1.74. The van der Waals surface area contributed by atoms with E-state index in [9.17, 15) is 10.1 Å². The topological polar surface area (TPSA) is 66.9 Å². The van der Waals surface area contributed by atoms with Gasteiger partial charge >= 0.3 is 5.54 Å². The van der Waals surface area contributed by atoms with Crippen LogP contribution in [0.5, 0.6) is 0 Å². The van der Waals surface area contributed by atoms with Crippen LogP contribution < -0.4 is 0 Å². The van der Waals surface area contributed by atoms with Gasteiger partial charge in [-0.1, -0.05) is 19.8 Å². The molecule has 0 bridgehead atoms. The molecule has 0 spiro atoms. The van der Waals surface area contributed by atoms with E-state index in [1.54, 1.807) is 6.07 Å². The highest BCUT2D eigenvalue weighted by Gasteiger charge is 2.35. The Morgan fingerprint density at radius 3 is 2.50 bits per heavy atom. The van der Waals surface area contributed by atoms with Gasteiger partial charge in [0.25, 0.3) is 0 Å². The van der Waals surface area contributed by atoms with E-state index in [2.05, 4.69) is 0 Å². The molecule has 0 fully saturated rings. The Kier molecular flexibility index (Phi) is 4.27. The Hall–Kier alpha value is -1.11. The van der Waals surface area contributed by atoms with Crippen LogP contribution >= 0.6 is 0 Å². The predicted molar refractivity (Wildman–Crippen MR) is 45.2 cm³/mol. The number of rotatable bonds is 5. The lowest BCUT2D eigenvalue weighted by Gasteiger charge is -2.11. The third kappa shape index (κ3) is 2.87. The van der Waals surface area contributed by atoms with E-state index in [0.29, 0.717) is 6.42 Å². The first kappa shape index (κ1) is 10.9. The molecule has 0 aliphatic carbocycles. The van der Waals surface area contributed by atoms with Crippen LogP contribution in [0.1, 0.15) is 39.5 Å². The second kappa shape index (κ2) is 4.70. The molecule has 0 saturated heterocycles. The van der Waals surface area contributed by atoms with Crippen LogP contribution in [0.3, 0.4) is 0 Å². The summed E-state index contributed by atoms with van der Waals surface area (Å²) >= 11 is 0. The molecule has 0 rings (SSSR count). The molecule has 0 aromatic carbocycles. The average Bonchev–Trinajstić information content (AvgIpc) is 2.04. The SMILES string of the molecule is CCCCCC(C)(C#N)[N+](=O)[O-]. The van der Waals surface area contributed by atoms with Crippen molar-refractivity contribution in [1.82, 2.24) is 0 Å². The third-order valence-electron chi connectivity index (χ3n) is 1.91. The van der Waals surface area contributed by atoms with Crippen molar-refractivity contribution in [3.05, 3.63) is 10.1 Å². The van der Waals surface area contributed by atoms with Gasteiger partial charge in [0.1, 0.15) is 6.07 Å². The van der Waals surface area contributed by atoms with Gasteiger partial charge < -0.3 is 0 Å². The highest BCUT2D eigenvalue weighted by Crippen LogP contribution is 2.17. The van der Waals surface area contributed by atoms with Gasteiger partial charge in [0, 0.05) is 18.3 Å². The predicted octanol–water partition coefficient (Wildman–Crippen LogP) is 2.13. The monoisotopic (exact) mass is 170 g/mol. The minimum absolute atomic E-state index is 0.352. The zero-order chi connectivity index (χ0) is 9.61. The molecule has 0 N–H and O–H groups in total. The maximum absolute atomic E-state index is 10.4. The number of nitro groups is 1.